The molecule has 6 nitrogen and oxygen atoms in total. The van der Waals surface area contributed by atoms with Gasteiger partial charge in [0, 0.05) is 17.4 Å². The molecule has 114 valence electrons. The predicted octanol–water partition coefficient (Wildman–Crippen LogP) is 3.43. The lowest BCUT2D eigenvalue weighted by atomic mass is 10.2. The van der Waals surface area contributed by atoms with E-state index >= 15 is 0 Å². The second-order valence-electron chi connectivity index (χ2n) is 4.57. The first-order valence-electron chi connectivity index (χ1n) is 6.25. The summed E-state index contributed by atoms with van der Waals surface area (Å²) in [6.45, 7) is 1.66. The molecule has 0 atom stereocenters. The summed E-state index contributed by atoms with van der Waals surface area (Å²) in [5, 5.41) is 16.6. The zero-order valence-corrected chi connectivity index (χ0v) is 12.4. The van der Waals surface area contributed by atoms with Gasteiger partial charge in [-0.3, -0.25) is 10.1 Å². The summed E-state index contributed by atoms with van der Waals surface area (Å²) in [5.41, 5.74) is 6.78. The molecule has 0 aliphatic rings. The lowest BCUT2D eigenvalue weighted by Crippen LogP contribution is -2.19. The number of nitrogens with two attached hydrogens (primary N) is 1. The molecular weight excluding hydrogens is 307 g/mol. The van der Waals surface area contributed by atoms with Crippen molar-refractivity contribution in [2.45, 2.75) is 6.92 Å². The molecule has 0 heterocycles. The number of nitro groups is 1. The van der Waals surface area contributed by atoms with Gasteiger partial charge in [0.2, 0.25) is 0 Å². The Balaban J connectivity index is 2.10. The van der Waals surface area contributed by atoms with E-state index in [9.17, 15) is 14.5 Å². The van der Waals surface area contributed by atoms with Gasteiger partial charge in [-0.2, -0.15) is 0 Å². The SMILES string of the molecule is Cc1ccc(NC(=S)Nc2ccc(N)c([N+](=O)[O-])c2)cc1F. The van der Waals surface area contributed by atoms with E-state index in [1.54, 1.807) is 25.1 Å². The third-order valence-electron chi connectivity index (χ3n) is 2.91. The Labute approximate surface area is 131 Å². The van der Waals surface area contributed by atoms with E-state index in [0.717, 1.165) is 0 Å². The average Bonchev–Trinajstić information content (AvgIpc) is 2.44. The van der Waals surface area contributed by atoms with Crippen LogP contribution in [0.25, 0.3) is 0 Å². The Morgan fingerprint density at radius 2 is 1.82 bits per heavy atom. The summed E-state index contributed by atoms with van der Waals surface area (Å²) >= 11 is 5.09. The van der Waals surface area contributed by atoms with Crippen molar-refractivity contribution >= 4 is 40.1 Å². The lowest BCUT2D eigenvalue weighted by Gasteiger charge is -2.11. The summed E-state index contributed by atoms with van der Waals surface area (Å²) in [7, 11) is 0. The maximum absolute atomic E-state index is 13.5. The molecule has 0 spiro atoms. The van der Waals surface area contributed by atoms with Crippen molar-refractivity contribution in [1.82, 2.24) is 0 Å². The van der Waals surface area contributed by atoms with Crippen LogP contribution in [0.4, 0.5) is 27.1 Å². The number of hydrogen-bond donors (Lipinski definition) is 3. The first-order chi connectivity index (χ1) is 10.4. The summed E-state index contributed by atoms with van der Waals surface area (Å²) in [6, 6.07) is 8.86. The van der Waals surface area contributed by atoms with Crippen LogP contribution in [0.5, 0.6) is 0 Å². The molecule has 2 rings (SSSR count). The van der Waals surface area contributed by atoms with Gasteiger partial charge in [0.15, 0.2) is 5.11 Å². The second-order valence-corrected chi connectivity index (χ2v) is 4.98. The van der Waals surface area contributed by atoms with E-state index in [1.165, 1.54) is 18.2 Å². The van der Waals surface area contributed by atoms with Crippen LogP contribution in [0.2, 0.25) is 0 Å². The van der Waals surface area contributed by atoms with Crippen molar-refractivity contribution in [1.29, 1.82) is 0 Å². The summed E-state index contributed by atoms with van der Waals surface area (Å²) in [5.74, 6) is -0.351. The van der Waals surface area contributed by atoms with Crippen molar-refractivity contribution in [2.24, 2.45) is 0 Å². The summed E-state index contributed by atoms with van der Waals surface area (Å²) in [6.07, 6.45) is 0. The number of aryl methyl sites for hydroxylation is 1. The molecule has 0 radical (unpaired) electrons. The van der Waals surface area contributed by atoms with Crippen LogP contribution in [0, 0.1) is 22.9 Å². The zero-order valence-electron chi connectivity index (χ0n) is 11.6. The number of nitrogen functional groups attached to an aromatic ring is 1. The Kier molecular flexibility index (Phi) is 4.52. The fourth-order valence-electron chi connectivity index (χ4n) is 1.74. The number of rotatable bonds is 3. The summed E-state index contributed by atoms with van der Waals surface area (Å²) in [4.78, 5) is 10.3. The Morgan fingerprint density at radius 3 is 2.41 bits per heavy atom. The van der Waals surface area contributed by atoms with Gasteiger partial charge in [-0.25, -0.2) is 4.39 Å². The maximum Gasteiger partial charge on any atom is 0.294 e. The predicted molar refractivity (Wildman–Crippen MR) is 88.5 cm³/mol. The van der Waals surface area contributed by atoms with Gasteiger partial charge in [-0.1, -0.05) is 6.07 Å². The Hall–Kier alpha value is -2.74. The standard InChI is InChI=1S/C14H13FN4O2S/c1-8-2-3-9(6-11(8)15)17-14(22)18-10-4-5-12(16)13(7-10)19(20)21/h2-7H,16H2,1H3,(H2,17,18,22). The first kappa shape index (κ1) is 15.6. The van der Waals surface area contributed by atoms with Gasteiger partial charge in [0.25, 0.3) is 5.69 Å². The molecule has 0 aliphatic carbocycles. The highest BCUT2D eigenvalue weighted by atomic mass is 32.1. The molecule has 22 heavy (non-hydrogen) atoms. The van der Waals surface area contributed by atoms with Crippen LogP contribution in [0.1, 0.15) is 5.56 Å². The number of nitrogens with one attached hydrogen (secondary N) is 2. The van der Waals surface area contributed by atoms with Gasteiger partial charge >= 0.3 is 0 Å². The van der Waals surface area contributed by atoms with Crippen molar-refractivity contribution in [3.05, 3.63) is 57.9 Å². The number of anilines is 3. The minimum absolute atomic E-state index is 0.0648. The largest absolute Gasteiger partial charge is 0.393 e. The number of halogens is 1. The highest BCUT2D eigenvalue weighted by Gasteiger charge is 2.12. The third-order valence-corrected chi connectivity index (χ3v) is 3.12. The quantitative estimate of drug-likeness (QED) is 0.347. The number of hydrogen-bond acceptors (Lipinski definition) is 4. The van der Waals surface area contributed by atoms with Crippen molar-refractivity contribution in [3.8, 4) is 0 Å². The average molecular weight is 320 g/mol. The van der Waals surface area contributed by atoms with Crippen LogP contribution in [0.15, 0.2) is 36.4 Å². The molecule has 8 heteroatoms. The normalized spacial score (nSPS) is 10.1. The van der Waals surface area contributed by atoms with Gasteiger partial charge in [-0.05, 0) is 49.0 Å². The molecule has 0 fully saturated rings. The zero-order chi connectivity index (χ0) is 16.3. The van der Waals surface area contributed by atoms with Gasteiger partial charge < -0.3 is 16.4 Å². The van der Waals surface area contributed by atoms with E-state index in [4.69, 9.17) is 18.0 Å². The highest BCUT2D eigenvalue weighted by molar-refractivity contribution is 7.80. The fourth-order valence-corrected chi connectivity index (χ4v) is 1.98. The molecule has 0 amide bonds. The molecule has 0 unspecified atom stereocenters. The smallest absolute Gasteiger partial charge is 0.294 e. The van der Waals surface area contributed by atoms with Crippen molar-refractivity contribution in [3.63, 3.8) is 0 Å². The van der Waals surface area contributed by atoms with Crippen LogP contribution in [0.3, 0.4) is 0 Å². The lowest BCUT2D eigenvalue weighted by molar-refractivity contribution is -0.383. The molecule has 2 aromatic carbocycles. The molecule has 0 aliphatic heterocycles. The topological polar surface area (TPSA) is 93.2 Å². The van der Waals surface area contributed by atoms with Crippen molar-refractivity contribution < 1.29 is 9.31 Å². The molecule has 0 bridgehead atoms. The maximum atomic E-state index is 13.5. The highest BCUT2D eigenvalue weighted by Crippen LogP contribution is 2.25. The van der Waals surface area contributed by atoms with E-state index in [2.05, 4.69) is 10.6 Å². The number of nitro benzene ring substituents is 1. The van der Waals surface area contributed by atoms with Gasteiger partial charge in [-0.15, -0.1) is 0 Å². The molecule has 4 N–H and O–H groups in total. The molecule has 0 saturated heterocycles. The first-order valence-corrected chi connectivity index (χ1v) is 6.65. The fraction of sp³-hybridized carbons (Fsp3) is 0.0714. The molecular formula is C14H13FN4O2S. The monoisotopic (exact) mass is 320 g/mol. The van der Waals surface area contributed by atoms with E-state index in [0.29, 0.717) is 16.9 Å². The number of thiocarbonyl (C=S) groups is 1. The third kappa shape index (κ3) is 3.67. The van der Waals surface area contributed by atoms with E-state index < -0.39 is 4.92 Å². The van der Waals surface area contributed by atoms with Gasteiger partial charge in [0.1, 0.15) is 11.5 Å². The molecule has 0 saturated carbocycles. The van der Waals surface area contributed by atoms with Crippen LogP contribution in [-0.4, -0.2) is 10.0 Å². The van der Waals surface area contributed by atoms with E-state index in [-0.39, 0.29) is 22.3 Å². The molecule has 0 aromatic heterocycles. The minimum atomic E-state index is -0.577. The van der Waals surface area contributed by atoms with Crippen LogP contribution >= 0.6 is 12.2 Å². The van der Waals surface area contributed by atoms with Crippen molar-refractivity contribution in [2.75, 3.05) is 16.4 Å². The summed E-state index contributed by atoms with van der Waals surface area (Å²) < 4.78 is 13.5. The minimum Gasteiger partial charge on any atom is -0.393 e. The number of benzene rings is 2. The Bertz CT molecular complexity index is 752. The second kappa shape index (κ2) is 6.35. The number of nitrogens with zero attached hydrogens (tertiary/aromatic N) is 1. The van der Waals surface area contributed by atoms with E-state index in [1.807, 2.05) is 0 Å². The Morgan fingerprint density at radius 1 is 1.23 bits per heavy atom. The van der Waals surface area contributed by atoms with Crippen LogP contribution in [-0.2, 0) is 0 Å². The van der Waals surface area contributed by atoms with Gasteiger partial charge in [0.05, 0.1) is 4.92 Å². The van der Waals surface area contributed by atoms with Crippen LogP contribution < -0.4 is 16.4 Å². The molecule has 2 aromatic rings.